The van der Waals surface area contributed by atoms with Crippen LogP contribution in [0.25, 0.3) is 5.69 Å². The van der Waals surface area contributed by atoms with Gasteiger partial charge in [-0.2, -0.15) is 0 Å². The quantitative estimate of drug-likeness (QED) is 0.749. The molecule has 138 valence electrons. The summed E-state index contributed by atoms with van der Waals surface area (Å²) in [6, 6.07) is 7.08. The topological polar surface area (TPSA) is 99.4 Å². The number of rotatable bonds is 4. The second-order valence-electron chi connectivity index (χ2n) is 5.46. The van der Waals surface area contributed by atoms with Crippen molar-refractivity contribution in [3.63, 3.8) is 0 Å². The van der Waals surface area contributed by atoms with E-state index >= 15 is 0 Å². The summed E-state index contributed by atoms with van der Waals surface area (Å²) in [6.07, 6.45) is 6.51. The zero-order valence-corrected chi connectivity index (χ0v) is 15.0. The van der Waals surface area contributed by atoms with E-state index in [1.54, 1.807) is 54.4 Å². The van der Waals surface area contributed by atoms with Crippen molar-refractivity contribution in [2.24, 2.45) is 0 Å². The molecule has 2 heterocycles. The smallest absolute Gasteiger partial charge is 0.355 e. The van der Waals surface area contributed by atoms with E-state index in [2.05, 4.69) is 15.4 Å². The Morgan fingerprint density at radius 2 is 1.63 bits per heavy atom. The monoisotopic (exact) mass is 367 g/mol. The first kappa shape index (κ1) is 18.1. The second-order valence-corrected chi connectivity index (χ2v) is 5.46. The molecule has 9 heteroatoms. The molecule has 2 aromatic rings. The molecule has 0 saturated carbocycles. The summed E-state index contributed by atoms with van der Waals surface area (Å²) in [5, 5.41) is 11.9. The van der Waals surface area contributed by atoms with Crippen molar-refractivity contribution in [2.45, 2.75) is 6.92 Å². The number of esters is 2. The van der Waals surface area contributed by atoms with E-state index in [-0.39, 0.29) is 11.3 Å². The van der Waals surface area contributed by atoms with Crippen LogP contribution in [0.1, 0.15) is 5.82 Å². The maximum atomic E-state index is 12.4. The molecule has 1 aliphatic rings. The highest BCUT2D eigenvalue weighted by Gasteiger charge is 2.27. The number of benzene rings is 1. The van der Waals surface area contributed by atoms with Crippen LogP contribution in [-0.2, 0) is 19.1 Å². The van der Waals surface area contributed by atoms with Gasteiger partial charge < -0.3 is 14.4 Å². The van der Waals surface area contributed by atoms with Crippen LogP contribution in [0.4, 0.5) is 5.69 Å². The predicted octanol–water partition coefficient (Wildman–Crippen LogP) is 1.46. The molecule has 0 aliphatic carbocycles. The number of anilines is 1. The summed E-state index contributed by atoms with van der Waals surface area (Å²) in [5.74, 6) is -0.747. The van der Waals surface area contributed by atoms with Crippen molar-refractivity contribution >= 4 is 17.6 Å². The molecule has 0 spiro atoms. The van der Waals surface area contributed by atoms with Gasteiger partial charge in [0, 0.05) is 11.9 Å². The number of tetrazole rings is 1. The van der Waals surface area contributed by atoms with E-state index in [1.807, 2.05) is 0 Å². The highest BCUT2D eigenvalue weighted by Crippen LogP contribution is 2.27. The maximum absolute atomic E-state index is 12.4. The van der Waals surface area contributed by atoms with Gasteiger partial charge in [-0.3, -0.25) is 0 Å². The summed E-state index contributed by atoms with van der Waals surface area (Å²) in [4.78, 5) is 27.5. The number of hydrogen-bond donors (Lipinski definition) is 0. The molecule has 0 N–H and O–H groups in total. The Bertz CT molecular complexity index is 956. The molecule has 0 amide bonds. The third-order valence-electron chi connectivity index (χ3n) is 3.76. The standard InChI is InChI=1S/C18H17N5O4/c1-12-19-21-23(20-12)14-9-7-13(8-10-14)22-11-5-4-6-15(17(24)26-2)16(22)18(25)27-3/h4-11H,1-3H3. The molecular weight excluding hydrogens is 350 g/mol. The van der Waals surface area contributed by atoms with Crippen molar-refractivity contribution in [3.8, 4) is 5.69 Å². The molecule has 27 heavy (non-hydrogen) atoms. The summed E-state index contributed by atoms with van der Waals surface area (Å²) in [5.41, 5.74) is 1.48. The fourth-order valence-corrected chi connectivity index (χ4v) is 2.51. The van der Waals surface area contributed by atoms with Gasteiger partial charge in [0.05, 0.1) is 25.5 Å². The Kier molecular flexibility index (Phi) is 5.11. The Morgan fingerprint density at radius 1 is 0.963 bits per heavy atom. The number of carbonyl (C=O) groups excluding carboxylic acids is 2. The van der Waals surface area contributed by atoms with Gasteiger partial charge in [0.1, 0.15) is 5.70 Å². The third-order valence-corrected chi connectivity index (χ3v) is 3.76. The minimum Gasteiger partial charge on any atom is -0.465 e. The number of hydrogen-bond acceptors (Lipinski definition) is 8. The first-order valence-electron chi connectivity index (χ1n) is 7.97. The minimum absolute atomic E-state index is 0.0526. The summed E-state index contributed by atoms with van der Waals surface area (Å²) >= 11 is 0. The zero-order chi connectivity index (χ0) is 19.4. The highest BCUT2D eigenvalue weighted by molar-refractivity contribution is 6.05. The molecular formula is C18H17N5O4. The Morgan fingerprint density at radius 3 is 2.22 bits per heavy atom. The van der Waals surface area contributed by atoms with Crippen molar-refractivity contribution in [1.29, 1.82) is 0 Å². The number of nitrogens with zero attached hydrogens (tertiary/aromatic N) is 5. The molecule has 0 bridgehead atoms. The number of methoxy groups -OCH3 is 2. The molecule has 9 nitrogen and oxygen atoms in total. The Hall–Kier alpha value is -3.75. The van der Waals surface area contributed by atoms with Crippen molar-refractivity contribution < 1.29 is 19.1 Å². The van der Waals surface area contributed by atoms with Gasteiger partial charge in [-0.1, -0.05) is 6.08 Å². The third kappa shape index (κ3) is 3.61. The number of aryl methyl sites for hydroxylation is 1. The SMILES string of the molecule is COC(=O)C1=C(C(=O)OC)N(c2ccc(-n3nnc(C)n3)cc2)C=CC=C1. The second kappa shape index (κ2) is 7.65. The van der Waals surface area contributed by atoms with Crippen molar-refractivity contribution in [1.82, 2.24) is 20.2 Å². The van der Waals surface area contributed by atoms with Crippen LogP contribution in [0.15, 0.2) is 60.0 Å². The van der Waals surface area contributed by atoms with Crippen molar-refractivity contribution in [3.05, 3.63) is 65.8 Å². The molecule has 0 unspecified atom stereocenters. The van der Waals surface area contributed by atoms with Crippen LogP contribution in [0.3, 0.4) is 0 Å². The normalized spacial score (nSPS) is 13.5. The molecule has 1 aliphatic heterocycles. The lowest BCUT2D eigenvalue weighted by Gasteiger charge is -2.23. The van der Waals surface area contributed by atoms with E-state index in [4.69, 9.17) is 9.47 Å². The van der Waals surface area contributed by atoms with Gasteiger partial charge in [0.2, 0.25) is 0 Å². The average Bonchev–Trinajstić information content (AvgIpc) is 3.01. The van der Waals surface area contributed by atoms with Crippen LogP contribution >= 0.6 is 0 Å². The van der Waals surface area contributed by atoms with Gasteiger partial charge in [0.25, 0.3) is 0 Å². The number of aromatic nitrogens is 4. The maximum Gasteiger partial charge on any atom is 0.355 e. The fraction of sp³-hybridized carbons (Fsp3) is 0.167. The number of allylic oxidation sites excluding steroid dienone is 2. The summed E-state index contributed by atoms with van der Waals surface area (Å²) in [6.45, 7) is 1.74. The van der Waals surface area contributed by atoms with E-state index in [9.17, 15) is 9.59 Å². The highest BCUT2D eigenvalue weighted by atomic mass is 16.5. The number of ether oxygens (including phenoxy) is 2. The Balaban J connectivity index is 2.04. The van der Waals surface area contributed by atoms with Crippen LogP contribution in [0, 0.1) is 6.92 Å². The van der Waals surface area contributed by atoms with Crippen LogP contribution in [-0.4, -0.2) is 46.4 Å². The number of carbonyl (C=O) groups is 2. The van der Waals surface area contributed by atoms with E-state index < -0.39 is 11.9 Å². The lowest BCUT2D eigenvalue weighted by atomic mass is 10.1. The van der Waals surface area contributed by atoms with Gasteiger partial charge in [0.15, 0.2) is 5.82 Å². The molecule has 0 saturated heterocycles. The predicted molar refractivity (Wildman–Crippen MR) is 95.7 cm³/mol. The first-order chi connectivity index (χ1) is 13.0. The molecule has 3 rings (SSSR count). The van der Waals surface area contributed by atoms with Crippen molar-refractivity contribution in [2.75, 3.05) is 19.1 Å². The lowest BCUT2D eigenvalue weighted by Crippen LogP contribution is -2.26. The minimum atomic E-state index is -0.663. The van der Waals surface area contributed by atoms with Gasteiger partial charge in [-0.05, 0) is 48.6 Å². The first-order valence-corrected chi connectivity index (χ1v) is 7.97. The molecule has 0 radical (unpaired) electrons. The van der Waals surface area contributed by atoms with Crippen LogP contribution in [0.5, 0.6) is 0 Å². The van der Waals surface area contributed by atoms with Gasteiger partial charge in [-0.15, -0.1) is 15.0 Å². The zero-order valence-electron chi connectivity index (χ0n) is 15.0. The average molecular weight is 367 g/mol. The lowest BCUT2D eigenvalue weighted by molar-refractivity contribution is -0.139. The molecule has 1 aromatic carbocycles. The molecule has 0 atom stereocenters. The molecule has 1 aromatic heterocycles. The van der Waals surface area contributed by atoms with Gasteiger partial charge in [-0.25, -0.2) is 9.59 Å². The summed E-state index contributed by atoms with van der Waals surface area (Å²) in [7, 11) is 2.51. The summed E-state index contributed by atoms with van der Waals surface area (Å²) < 4.78 is 9.67. The molecule has 0 fully saturated rings. The van der Waals surface area contributed by atoms with Gasteiger partial charge >= 0.3 is 11.9 Å². The Labute approximate surface area is 155 Å². The van der Waals surface area contributed by atoms with Crippen LogP contribution in [0.2, 0.25) is 0 Å². The van der Waals surface area contributed by atoms with E-state index in [0.29, 0.717) is 17.2 Å². The van der Waals surface area contributed by atoms with E-state index in [1.165, 1.54) is 25.1 Å². The van der Waals surface area contributed by atoms with E-state index in [0.717, 1.165) is 0 Å². The fourth-order valence-electron chi connectivity index (χ4n) is 2.51. The van der Waals surface area contributed by atoms with Crippen LogP contribution < -0.4 is 4.90 Å². The largest absolute Gasteiger partial charge is 0.465 e.